The van der Waals surface area contributed by atoms with Crippen LogP contribution >= 0.6 is 11.8 Å². The summed E-state index contributed by atoms with van der Waals surface area (Å²) in [4.78, 5) is 14.7. The molecule has 1 heterocycles. The monoisotopic (exact) mass is 332 g/mol. The van der Waals surface area contributed by atoms with Crippen molar-refractivity contribution in [3.8, 4) is 0 Å². The molecule has 1 aliphatic rings. The normalized spacial score (nSPS) is 23.8. The molecule has 1 fully saturated rings. The van der Waals surface area contributed by atoms with Crippen molar-refractivity contribution < 1.29 is 9.77 Å². The van der Waals surface area contributed by atoms with Gasteiger partial charge in [0.1, 0.15) is 0 Å². The summed E-state index contributed by atoms with van der Waals surface area (Å²) >= 11 is 1.30. The van der Waals surface area contributed by atoms with E-state index in [4.69, 9.17) is 4.74 Å². The molecule has 0 aromatic carbocycles. The minimum Gasteiger partial charge on any atom is -0.378 e. The fourth-order valence-corrected chi connectivity index (χ4v) is 3.21. The Kier molecular flexibility index (Phi) is 8.13. The zero-order valence-electron chi connectivity index (χ0n) is 14.2. The van der Waals surface area contributed by atoms with Crippen LogP contribution in [0.4, 0.5) is 0 Å². The molecular formula is C14H28N4O3S. The predicted octanol–water partition coefficient (Wildman–Crippen LogP) is 1.96. The number of hydrogen-bond acceptors (Lipinski definition) is 5. The summed E-state index contributed by atoms with van der Waals surface area (Å²) in [5.41, 5.74) is 0. The van der Waals surface area contributed by atoms with E-state index in [9.17, 15) is 10.1 Å². The molecule has 8 heteroatoms. The van der Waals surface area contributed by atoms with Gasteiger partial charge in [0.15, 0.2) is 5.03 Å². The smallest absolute Gasteiger partial charge is 0.237 e. The lowest BCUT2D eigenvalue weighted by molar-refractivity contribution is -0.485. The zero-order valence-corrected chi connectivity index (χ0v) is 15.0. The highest BCUT2D eigenvalue weighted by Gasteiger charge is 2.24. The third-order valence-electron chi connectivity index (χ3n) is 4.14. The highest BCUT2D eigenvalue weighted by Crippen LogP contribution is 2.20. The lowest BCUT2D eigenvalue weighted by Gasteiger charge is -2.28. The molecule has 0 bridgehead atoms. The maximum Gasteiger partial charge on any atom is 0.237 e. The third kappa shape index (κ3) is 6.50. The first-order valence-electron chi connectivity index (χ1n) is 7.63. The van der Waals surface area contributed by atoms with Gasteiger partial charge >= 0.3 is 0 Å². The Labute approximate surface area is 137 Å². The van der Waals surface area contributed by atoms with Crippen LogP contribution in [0.5, 0.6) is 0 Å². The lowest BCUT2D eigenvalue weighted by atomic mass is 10.0. The Morgan fingerprint density at radius 3 is 2.73 bits per heavy atom. The van der Waals surface area contributed by atoms with Crippen LogP contribution in [0, 0.1) is 16.0 Å². The van der Waals surface area contributed by atoms with E-state index in [1.165, 1.54) is 11.8 Å². The average molecular weight is 332 g/mol. The second-order valence-corrected chi connectivity index (χ2v) is 6.84. The summed E-state index contributed by atoms with van der Waals surface area (Å²) in [6, 6.07) is 0.414. The second-order valence-electron chi connectivity index (χ2n) is 6.07. The van der Waals surface area contributed by atoms with E-state index >= 15 is 0 Å². The van der Waals surface area contributed by atoms with Gasteiger partial charge in [0.05, 0.1) is 17.8 Å². The number of thioether (sulfide) groups is 1. The van der Waals surface area contributed by atoms with Crippen molar-refractivity contribution >= 4 is 16.9 Å². The Balaban J connectivity index is 2.37. The van der Waals surface area contributed by atoms with Gasteiger partial charge in [-0.25, -0.2) is 10.1 Å². The SMILES string of the molecule is CSC(=N[N+](=O)[O-])N(C)CCC(C)N(C)CC1COC(C)C1. The predicted molar refractivity (Wildman–Crippen MR) is 90.8 cm³/mol. The largest absolute Gasteiger partial charge is 0.378 e. The van der Waals surface area contributed by atoms with Crippen LogP contribution in [0.3, 0.4) is 0 Å². The van der Waals surface area contributed by atoms with Crippen molar-refractivity contribution in [3.05, 3.63) is 10.1 Å². The van der Waals surface area contributed by atoms with Crippen molar-refractivity contribution in [2.75, 3.05) is 40.0 Å². The summed E-state index contributed by atoms with van der Waals surface area (Å²) in [5, 5.41) is 13.7. The van der Waals surface area contributed by atoms with Crippen LogP contribution in [0.25, 0.3) is 0 Å². The molecule has 1 saturated heterocycles. The van der Waals surface area contributed by atoms with E-state index in [0.717, 1.165) is 32.5 Å². The van der Waals surface area contributed by atoms with Gasteiger partial charge in [0.25, 0.3) is 0 Å². The molecule has 0 aliphatic carbocycles. The lowest BCUT2D eigenvalue weighted by Crippen LogP contribution is -2.37. The Morgan fingerprint density at radius 1 is 1.55 bits per heavy atom. The summed E-state index contributed by atoms with van der Waals surface area (Å²) in [5.74, 6) is 0.609. The number of amidine groups is 1. The Hall–Kier alpha value is -0.860. The second kappa shape index (κ2) is 9.32. The first-order valence-corrected chi connectivity index (χ1v) is 8.85. The van der Waals surface area contributed by atoms with Gasteiger partial charge in [-0.05, 0) is 45.9 Å². The van der Waals surface area contributed by atoms with E-state index in [1.807, 2.05) is 11.9 Å². The minimum atomic E-state index is -0.640. The highest BCUT2D eigenvalue weighted by atomic mass is 32.2. The molecule has 128 valence electrons. The van der Waals surface area contributed by atoms with Crippen LogP contribution in [-0.4, -0.2) is 72.2 Å². The topological polar surface area (TPSA) is 71.2 Å². The molecule has 0 N–H and O–H groups in total. The number of rotatable bonds is 7. The molecule has 1 aliphatic heterocycles. The summed E-state index contributed by atoms with van der Waals surface area (Å²) in [7, 11) is 3.98. The molecule has 0 saturated carbocycles. The maximum atomic E-state index is 10.5. The van der Waals surface area contributed by atoms with Gasteiger partial charge in [-0.3, -0.25) is 0 Å². The van der Waals surface area contributed by atoms with E-state index < -0.39 is 5.03 Å². The Bertz CT molecular complexity index is 394. The van der Waals surface area contributed by atoms with E-state index in [1.54, 1.807) is 6.26 Å². The zero-order chi connectivity index (χ0) is 16.7. The highest BCUT2D eigenvalue weighted by molar-refractivity contribution is 8.13. The molecule has 3 unspecified atom stereocenters. The molecule has 22 heavy (non-hydrogen) atoms. The van der Waals surface area contributed by atoms with Gasteiger partial charge in [-0.15, -0.1) is 0 Å². The molecule has 0 aromatic rings. The van der Waals surface area contributed by atoms with Crippen molar-refractivity contribution in [1.29, 1.82) is 0 Å². The number of ether oxygens (including phenoxy) is 1. The molecule has 7 nitrogen and oxygen atoms in total. The van der Waals surface area contributed by atoms with Gasteiger partial charge in [0.2, 0.25) is 5.17 Å². The average Bonchev–Trinajstić information content (AvgIpc) is 2.86. The minimum absolute atomic E-state index is 0.377. The molecule has 0 aromatic heterocycles. The first-order chi connectivity index (χ1) is 10.3. The standard InChI is InChI=1S/C14H28N4O3S/c1-11(17(4)9-13-8-12(2)21-10-13)6-7-16(3)14(22-5)15-18(19)20/h11-13H,6-10H2,1-5H3. The summed E-state index contributed by atoms with van der Waals surface area (Å²) in [6.45, 7) is 6.95. The van der Waals surface area contributed by atoms with Gasteiger partial charge in [0, 0.05) is 26.2 Å². The fraction of sp³-hybridized carbons (Fsp3) is 0.929. The molecule has 1 rings (SSSR count). The van der Waals surface area contributed by atoms with Crippen molar-refractivity contribution in [3.63, 3.8) is 0 Å². The molecule has 0 amide bonds. The quantitative estimate of drug-likeness (QED) is 0.307. The Morgan fingerprint density at radius 2 is 2.23 bits per heavy atom. The van der Waals surface area contributed by atoms with E-state index in [2.05, 4.69) is 30.9 Å². The fourth-order valence-electron chi connectivity index (χ4n) is 2.66. The summed E-state index contributed by atoms with van der Waals surface area (Å²) in [6.07, 6.45) is 4.24. The van der Waals surface area contributed by atoms with E-state index in [0.29, 0.717) is 23.2 Å². The number of nitro groups is 1. The molecule has 3 atom stereocenters. The first kappa shape index (κ1) is 19.2. The summed E-state index contributed by atoms with van der Waals surface area (Å²) < 4.78 is 5.61. The van der Waals surface area contributed by atoms with Crippen LogP contribution < -0.4 is 0 Å². The maximum absolute atomic E-state index is 10.5. The van der Waals surface area contributed by atoms with Crippen LogP contribution in [0.1, 0.15) is 26.7 Å². The van der Waals surface area contributed by atoms with Crippen LogP contribution in [0.2, 0.25) is 0 Å². The van der Waals surface area contributed by atoms with Crippen molar-refractivity contribution in [2.24, 2.45) is 11.0 Å². The van der Waals surface area contributed by atoms with Gasteiger partial charge in [-0.2, -0.15) is 0 Å². The van der Waals surface area contributed by atoms with Crippen LogP contribution in [-0.2, 0) is 4.74 Å². The van der Waals surface area contributed by atoms with Crippen LogP contribution in [0.15, 0.2) is 5.10 Å². The molecular weight excluding hydrogens is 304 g/mol. The third-order valence-corrected chi connectivity index (χ3v) is 4.90. The molecule has 0 radical (unpaired) electrons. The van der Waals surface area contributed by atoms with Gasteiger partial charge < -0.3 is 14.5 Å². The van der Waals surface area contributed by atoms with Crippen molar-refractivity contribution in [2.45, 2.75) is 38.8 Å². The molecule has 0 spiro atoms. The van der Waals surface area contributed by atoms with E-state index in [-0.39, 0.29) is 0 Å². The number of nitrogens with zero attached hydrogens (tertiary/aromatic N) is 4. The van der Waals surface area contributed by atoms with Gasteiger partial charge in [-0.1, -0.05) is 11.8 Å². The number of hydrogen-bond donors (Lipinski definition) is 0. The van der Waals surface area contributed by atoms with Crippen molar-refractivity contribution in [1.82, 2.24) is 9.80 Å². The number of hydrazone groups is 1.